The first-order chi connectivity index (χ1) is 6.96. The number of hydrogen-bond donors (Lipinski definition) is 2. The number of aliphatic hydroxyl groups is 1. The van der Waals surface area contributed by atoms with Crippen molar-refractivity contribution < 1.29 is 13.9 Å². The molecule has 0 saturated carbocycles. The van der Waals surface area contributed by atoms with Gasteiger partial charge in [0.1, 0.15) is 0 Å². The van der Waals surface area contributed by atoms with E-state index in [1.807, 2.05) is 0 Å². The van der Waals surface area contributed by atoms with Crippen LogP contribution in [0.25, 0.3) is 0 Å². The van der Waals surface area contributed by atoms with Gasteiger partial charge >= 0.3 is 0 Å². The van der Waals surface area contributed by atoms with Crippen LogP contribution < -0.4 is 5.73 Å². The molecule has 0 aromatic heterocycles. The summed E-state index contributed by atoms with van der Waals surface area (Å²) in [6.07, 6.45) is 0.285. The fourth-order valence-electron chi connectivity index (χ4n) is 1.51. The summed E-state index contributed by atoms with van der Waals surface area (Å²) in [7, 11) is 0. The van der Waals surface area contributed by atoms with Crippen LogP contribution in [0.15, 0.2) is 24.3 Å². The lowest BCUT2D eigenvalue weighted by Gasteiger charge is -2.19. The molecule has 0 spiro atoms. The number of halogens is 2. The Hall–Kier alpha value is -1.00. The molecular formula is C11H15F2NO. The highest BCUT2D eigenvalue weighted by Crippen LogP contribution is 2.32. The number of alkyl halides is 2. The highest BCUT2D eigenvalue weighted by Gasteiger charge is 2.28. The number of hydrogen-bond acceptors (Lipinski definition) is 2. The number of aliphatic hydroxyl groups excluding tert-OH is 1. The van der Waals surface area contributed by atoms with Crippen LogP contribution in [0.5, 0.6) is 0 Å². The molecule has 0 heterocycles. The van der Waals surface area contributed by atoms with Gasteiger partial charge in [-0.1, -0.05) is 24.3 Å². The molecule has 0 aliphatic rings. The molecule has 0 saturated heterocycles. The topological polar surface area (TPSA) is 46.2 Å². The number of nitrogens with two attached hydrogens (primary N) is 1. The second-order valence-corrected chi connectivity index (χ2v) is 3.59. The molecule has 15 heavy (non-hydrogen) atoms. The molecule has 0 aliphatic heterocycles. The maximum atomic E-state index is 13.2. The van der Waals surface area contributed by atoms with E-state index in [1.165, 1.54) is 6.07 Å². The molecule has 1 unspecified atom stereocenters. The zero-order valence-electron chi connectivity index (χ0n) is 8.58. The van der Waals surface area contributed by atoms with Crippen molar-refractivity contribution >= 4 is 0 Å². The Morgan fingerprint density at radius 3 is 2.53 bits per heavy atom. The maximum Gasteiger partial charge on any atom is 0.270 e. The molecule has 0 aliphatic carbocycles. The third-order valence-electron chi connectivity index (χ3n) is 2.27. The first-order valence-electron chi connectivity index (χ1n) is 4.80. The van der Waals surface area contributed by atoms with E-state index in [0.29, 0.717) is 5.56 Å². The van der Waals surface area contributed by atoms with Crippen molar-refractivity contribution in [1.82, 2.24) is 0 Å². The van der Waals surface area contributed by atoms with Crippen LogP contribution in [0, 0.1) is 0 Å². The Balaban J connectivity index is 3.06. The average Bonchev–Trinajstić information content (AvgIpc) is 2.17. The number of rotatable bonds is 4. The van der Waals surface area contributed by atoms with Crippen molar-refractivity contribution in [1.29, 1.82) is 0 Å². The van der Waals surface area contributed by atoms with Gasteiger partial charge < -0.3 is 10.8 Å². The first-order valence-corrected chi connectivity index (χ1v) is 4.80. The minimum absolute atomic E-state index is 0.0639. The Morgan fingerprint density at radius 1 is 1.40 bits per heavy atom. The molecule has 1 aromatic carbocycles. The van der Waals surface area contributed by atoms with E-state index in [2.05, 4.69) is 0 Å². The Bertz CT molecular complexity index is 323. The van der Waals surface area contributed by atoms with Gasteiger partial charge in [-0.15, -0.1) is 0 Å². The third-order valence-corrected chi connectivity index (χ3v) is 2.27. The van der Waals surface area contributed by atoms with Gasteiger partial charge in [0.05, 0.1) is 0 Å². The zero-order chi connectivity index (χ0) is 11.5. The molecule has 0 fully saturated rings. The van der Waals surface area contributed by atoms with Crippen molar-refractivity contribution in [3.63, 3.8) is 0 Å². The Morgan fingerprint density at radius 2 is 2.00 bits per heavy atom. The molecular weight excluding hydrogens is 200 g/mol. The SMILES string of the molecule is CC(F)(F)c1ccccc1C(N)CCO. The number of benzene rings is 1. The lowest BCUT2D eigenvalue weighted by atomic mass is 9.95. The van der Waals surface area contributed by atoms with Gasteiger partial charge in [-0.3, -0.25) is 0 Å². The fourth-order valence-corrected chi connectivity index (χ4v) is 1.51. The summed E-state index contributed by atoms with van der Waals surface area (Å²) in [6, 6.07) is 5.63. The van der Waals surface area contributed by atoms with Crippen molar-refractivity contribution in [3.8, 4) is 0 Å². The highest BCUT2D eigenvalue weighted by molar-refractivity contribution is 5.32. The van der Waals surface area contributed by atoms with E-state index in [1.54, 1.807) is 18.2 Å². The van der Waals surface area contributed by atoms with Gasteiger partial charge in [0, 0.05) is 25.1 Å². The van der Waals surface area contributed by atoms with Crippen molar-refractivity contribution in [2.45, 2.75) is 25.3 Å². The second-order valence-electron chi connectivity index (χ2n) is 3.59. The van der Waals surface area contributed by atoms with E-state index < -0.39 is 12.0 Å². The van der Waals surface area contributed by atoms with Crippen molar-refractivity contribution in [2.75, 3.05) is 6.61 Å². The lowest BCUT2D eigenvalue weighted by molar-refractivity contribution is 0.0160. The zero-order valence-corrected chi connectivity index (χ0v) is 8.58. The minimum Gasteiger partial charge on any atom is -0.396 e. The van der Waals surface area contributed by atoms with E-state index >= 15 is 0 Å². The quantitative estimate of drug-likeness (QED) is 0.808. The Kier molecular flexibility index (Phi) is 3.77. The standard InChI is InChI=1S/C11H15F2NO/c1-11(12,13)9-5-3-2-4-8(9)10(14)6-7-15/h2-5,10,15H,6-7,14H2,1H3. The maximum absolute atomic E-state index is 13.2. The molecule has 2 nitrogen and oxygen atoms in total. The van der Waals surface area contributed by atoms with Crippen molar-refractivity contribution in [2.24, 2.45) is 5.73 Å². The third kappa shape index (κ3) is 2.97. The molecule has 0 amide bonds. The smallest absolute Gasteiger partial charge is 0.270 e. The summed E-state index contributed by atoms with van der Waals surface area (Å²) < 4.78 is 26.4. The van der Waals surface area contributed by atoms with E-state index in [-0.39, 0.29) is 18.6 Å². The van der Waals surface area contributed by atoms with Crippen LogP contribution in [0.4, 0.5) is 8.78 Å². The largest absolute Gasteiger partial charge is 0.396 e. The fraction of sp³-hybridized carbons (Fsp3) is 0.455. The predicted octanol–water partition coefficient (Wildman–Crippen LogP) is 2.18. The molecule has 0 bridgehead atoms. The highest BCUT2D eigenvalue weighted by atomic mass is 19.3. The monoisotopic (exact) mass is 215 g/mol. The summed E-state index contributed by atoms with van der Waals surface area (Å²) >= 11 is 0. The van der Waals surface area contributed by atoms with E-state index in [4.69, 9.17) is 10.8 Å². The minimum atomic E-state index is -2.90. The van der Waals surface area contributed by atoms with Gasteiger partial charge in [-0.25, -0.2) is 8.78 Å². The van der Waals surface area contributed by atoms with Gasteiger partial charge in [0.25, 0.3) is 5.92 Å². The normalized spacial score (nSPS) is 13.9. The van der Waals surface area contributed by atoms with Crippen LogP contribution in [-0.4, -0.2) is 11.7 Å². The molecule has 3 N–H and O–H groups in total. The van der Waals surface area contributed by atoms with Gasteiger partial charge in [0.15, 0.2) is 0 Å². The second kappa shape index (κ2) is 4.68. The molecule has 84 valence electrons. The van der Waals surface area contributed by atoms with Crippen LogP contribution in [0.1, 0.15) is 30.5 Å². The summed E-state index contributed by atoms with van der Waals surface area (Å²) in [6.45, 7) is 0.738. The van der Waals surface area contributed by atoms with Crippen LogP contribution in [0.2, 0.25) is 0 Å². The van der Waals surface area contributed by atoms with Gasteiger partial charge in [-0.05, 0) is 12.0 Å². The molecule has 0 radical (unpaired) electrons. The molecule has 1 aromatic rings. The summed E-state index contributed by atoms with van der Waals surface area (Å²) in [5, 5.41) is 8.72. The summed E-state index contributed by atoms with van der Waals surface area (Å²) in [5.74, 6) is -2.90. The van der Waals surface area contributed by atoms with Gasteiger partial charge in [-0.2, -0.15) is 0 Å². The Labute approximate surface area is 87.7 Å². The molecule has 1 rings (SSSR count). The van der Waals surface area contributed by atoms with Crippen LogP contribution >= 0.6 is 0 Å². The molecule has 1 atom stereocenters. The first kappa shape index (κ1) is 12.1. The molecule has 4 heteroatoms. The van der Waals surface area contributed by atoms with Crippen molar-refractivity contribution in [3.05, 3.63) is 35.4 Å². The van der Waals surface area contributed by atoms with Crippen LogP contribution in [0.3, 0.4) is 0 Å². The van der Waals surface area contributed by atoms with Gasteiger partial charge in [0.2, 0.25) is 0 Å². The van der Waals surface area contributed by atoms with E-state index in [0.717, 1.165) is 6.92 Å². The van der Waals surface area contributed by atoms with E-state index in [9.17, 15) is 8.78 Å². The average molecular weight is 215 g/mol. The summed E-state index contributed by atoms with van der Waals surface area (Å²) in [5.41, 5.74) is 6.05. The summed E-state index contributed by atoms with van der Waals surface area (Å²) in [4.78, 5) is 0. The van der Waals surface area contributed by atoms with Crippen LogP contribution in [-0.2, 0) is 5.92 Å². The lowest BCUT2D eigenvalue weighted by Crippen LogP contribution is -2.18. The predicted molar refractivity (Wildman–Crippen MR) is 54.6 cm³/mol.